The smallest absolute Gasteiger partial charge is 0.181 e. The summed E-state index contributed by atoms with van der Waals surface area (Å²) in [6, 6.07) is 6.85. The molecule has 0 spiro atoms. The summed E-state index contributed by atoms with van der Waals surface area (Å²) in [5, 5.41) is 9.42. The first-order chi connectivity index (χ1) is 8.24. The number of hydrogen-bond donors (Lipinski definition) is 1. The molecule has 0 saturated heterocycles. The summed E-state index contributed by atoms with van der Waals surface area (Å²) < 4.78 is 1.86. The number of aromatic hydroxyl groups is 1. The number of phenolic OH excluding ortho intramolecular Hbond substituents is 1. The molecular weight excluding hydrogens is 216 g/mol. The van der Waals surface area contributed by atoms with Gasteiger partial charge in [-0.05, 0) is 12.1 Å². The van der Waals surface area contributed by atoms with E-state index in [9.17, 15) is 5.11 Å². The lowest BCUT2D eigenvalue weighted by atomic mass is 10.2. The number of nitrogens with zero attached hydrogens (tertiary/aromatic N) is 4. The first-order valence-electron chi connectivity index (χ1n) is 5.17. The topological polar surface area (TPSA) is 63.8 Å². The van der Waals surface area contributed by atoms with Crippen LogP contribution in [0.15, 0.2) is 36.8 Å². The van der Waals surface area contributed by atoms with E-state index in [2.05, 4.69) is 15.0 Å². The Balaban J connectivity index is 2.18. The lowest BCUT2D eigenvalue weighted by Crippen LogP contribution is -1.91. The van der Waals surface area contributed by atoms with Gasteiger partial charge in [0.2, 0.25) is 0 Å². The molecule has 0 saturated carbocycles. The van der Waals surface area contributed by atoms with Crippen LogP contribution in [0.3, 0.4) is 0 Å². The molecule has 2 heterocycles. The molecule has 0 atom stereocenters. The molecule has 3 aromatic rings. The summed E-state index contributed by atoms with van der Waals surface area (Å²) in [6.45, 7) is 0. The maximum absolute atomic E-state index is 9.42. The van der Waals surface area contributed by atoms with Crippen LogP contribution in [0.1, 0.15) is 0 Å². The maximum atomic E-state index is 9.42. The predicted molar refractivity (Wildman–Crippen MR) is 63.4 cm³/mol. The second-order valence-electron chi connectivity index (χ2n) is 3.81. The van der Waals surface area contributed by atoms with Gasteiger partial charge in [0.15, 0.2) is 11.5 Å². The SMILES string of the molecule is Cn1cnc2nc(-c3cccc(O)c3)ncc21. The fourth-order valence-corrected chi connectivity index (χ4v) is 1.70. The zero-order valence-corrected chi connectivity index (χ0v) is 9.20. The van der Waals surface area contributed by atoms with Gasteiger partial charge in [-0.3, -0.25) is 0 Å². The van der Waals surface area contributed by atoms with Crippen LogP contribution < -0.4 is 0 Å². The van der Waals surface area contributed by atoms with Crippen LogP contribution in [0.4, 0.5) is 0 Å². The van der Waals surface area contributed by atoms with Gasteiger partial charge >= 0.3 is 0 Å². The van der Waals surface area contributed by atoms with E-state index in [0.717, 1.165) is 11.1 Å². The monoisotopic (exact) mass is 226 g/mol. The molecule has 0 bridgehead atoms. The highest BCUT2D eigenvalue weighted by Crippen LogP contribution is 2.21. The molecule has 2 aromatic heterocycles. The van der Waals surface area contributed by atoms with Gasteiger partial charge in [-0.25, -0.2) is 15.0 Å². The molecule has 1 N–H and O–H groups in total. The molecule has 3 rings (SSSR count). The van der Waals surface area contributed by atoms with E-state index in [4.69, 9.17) is 0 Å². The third-order valence-corrected chi connectivity index (χ3v) is 2.59. The van der Waals surface area contributed by atoms with E-state index in [1.54, 1.807) is 30.7 Å². The van der Waals surface area contributed by atoms with Crippen LogP contribution in [0, 0.1) is 0 Å². The van der Waals surface area contributed by atoms with Crippen molar-refractivity contribution in [3.63, 3.8) is 0 Å². The van der Waals surface area contributed by atoms with E-state index in [-0.39, 0.29) is 5.75 Å². The van der Waals surface area contributed by atoms with E-state index in [1.807, 2.05) is 17.7 Å². The zero-order valence-electron chi connectivity index (χ0n) is 9.20. The summed E-state index contributed by atoms with van der Waals surface area (Å²) in [5.41, 5.74) is 2.31. The Bertz CT molecular complexity index is 690. The van der Waals surface area contributed by atoms with Crippen molar-refractivity contribution in [1.82, 2.24) is 19.5 Å². The Morgan fingerprint density at radius 2 is 2.12 bits per heavy atom. The highest BCUT2D eigenvalue weighted by Gasteiger charge is 2.06. The fraction of sp³-hybridized carbons (Fsp3) is 0.0833. The van der Waals surface area contributed by atoms with Crippen molar-refractivity contribution in [1.29, 1.82) is 0 Å². The molecule has 0 aliphatic rings. The standard InChI is InChI=1S/C12H10N4O/c1-16-7-14-12-10(16)6-13-11(15-12)8-3-2-4-9(17)5-8/h2-7,17H,1H3. The van der Waals surface area contributed by atoms with Gasteiger partial charge in [0.1, 0.15) is 11.3 Å². The summed E-state index contributed by atoms with van der Waals surface area (Å²) in [6.07, 6.45) is 3.43. The Hall–Kier alpha value is -2.43. The van der Waals surface area contributed by atoms with Gasteiger partial charge in [0.05, 0.1) is 12.5 Å². The summed E-state index contributed by atoms with van der Waals surface area (Å²) >= 11 is 0. The van der Waals surface area contributed by atoms with Crippen molar-refractivity contribution >= 4 is 11.2 Å². The van der Waals surface area contributed by atoms with Crippen molar-refractivity contribution in [3.05, 3.63) is 36.8 Å². The number of fused-ring (bicyclic) bond motifs is 1. The minimum absolute atomic E-state index is 0.201. The summed E-state index contributed by atoms with van der Waals surface area (Å²) in [5.74, 6) is 0.763. The molecule has 0 aliphatic carbocycles. The Labute approximate surface area is 97.4 Å². The second kappa shape index (κ2) is 3.55. The average molecular weight is 226 g/mol. The summed E-state index contributed by atoms with van der Waals surface area (Å²) in [4.78, 5) is 12.8. The Kier molecular flexibility index (Phi) is 2.04. The van der Waals surface area contributed by atoms with Crippen LogP contribution in [0.25, 0.3) is 22.6 Å². The van der Waals surface area contributed by atoms with Crippen molar-refractivity contribution < 1.29 is 5.11 Å². The molecule has 1 aromatic carbocycles. The van der Waals surface area contributed by atoms with Gasteiger partial charge < -0.3 is 9.67 Å². The third kappa shape index (κ3) is 1.61. The molecule has 0 amide bonds. The largest absolute Gasteiger partial charge is 0.508 e. The molecule has 17 heavy (non-hydrogen) atoms. The number of imidazole rings is 1. The first kappa shape index (κ1) is 9.77. The normalized spacial score (nSPS) is 10.9. The maximum Gasteiger partial charge on any atom is 0.181 e. The lowest BCUT2D eigenvalue weighted by molar-refractivity contribution is 0.475. The fourth-order valence-electron chi connectivity index (χ4n) is 1.70. The van der Waals surface area contributed by atoms with Gasteiger partial charge in [0.25, 0.3) is 0 Å². The average Bonchev–Trinajstić information content (AvgIpc) is 2.71. The number of aryl methyl sites for hydroxylation is 1. The molecule has 0 aliphatic heterocycles. The molecule has 0 fully saturated rings. The van der Waals surface area contributed by atoms with Crippen LogP contribution in [0.2, 0.25) is 0 Å². The van der Waals surface area contributed by atoms with Gasteiger partial charge in [-0.2, -0.15) is 0 Å². The number of phenols is 1. The number of hydrogen-bond acceptors (Lipinski definition) is 4. The minimum atomic E-state index is 0.201. The number of benzene rings is 1. The molecule has 5 nitrogen and oxygen atoms in total. The highest BCUT2D eigenvalue weighted by atomic mass is 16.3. The van der Waals surface area contributed by atoms with E-state index >= 15 is 0 Å². The van der Waals surface area contributed by atoms with Crippen molar-refractivity contribution in [2.24, 2.45) is 7.05 Å². The minimum Gasteiger partial charge on any atom is -0.508 e. The number of aromatic nitrogens is 4. The molecule has 84 valence electrons. The van der Waals surface area contributed by atoms with Gasteiger partial charge in [0, 0.05) is 12.6 Å². The van der Waals surface area contributed by atoms with Crippen molar-refractivity contribution in [3.8, 4) is 17.1 Å². The van der Waals surface area contributed by atoms with Crippen LogP contribution in [-0.2, 0) is 7.05 Å². The van der Waals surface area contributed by atoms with Crippen LogP contribution >= 0.6 is 0 Å². The Morgan fingerprint density at radius 3 is 2.94 bits per heavy atom. The van der Waals surface area contributed by atoms with E-state index in [1.165, 1.54) is 0 Å². The Morgan fingerprint density at radius 1 is 1.24 bits per heavy atom. The van der Waals surface area contributed by atoms with E-state index < -0.39 is 0 Å². The van der Waals surface area contributed by atoms with Gasteiger partial charge in [-0.1, -0.05) is 12.1 Å². The highest BCUT2D eigenvalue weighted by molar-refractivity contribution is 5.72. The van der Waals surface area contributed by atoms with Gasteiger partial charge in [-0.15, -0.1) is 0 Å². The zero-order chi connectivity index (χ0) is 11.8. The predicted octanol–water partition coefficient (Wildman–Crippen LogP) is 1.74. The first-order valence-corrected chi connectivity index (χ1v) is 5.17. The quantitative estimate of drug-likeness (QED) is 0.686. The molecule has 5 heteroatoms. The summed E-state index contributed by atoms with van der Waals surface area (Å²) in [7, 11) is 1.90. The van der Waals surface area contributed by atoms with Crippen molar-refractivity contribution in [2.45, 2.75) is 0 Å². The molecule has 0 unspecified atom stereocenters. The number of rotatable bonds is 1. The van der Waals surface area contributed by atoms with Crippen LogP contribution in [0.5, 0.6) is 5.75 Å². The third-order valence-electron chi connectivity index (χ3n) is 2.59. The van der Waals surface area contributed by atoms with E-state index in [0.29, 0.717) is 11.5 Å². The second-order valence-corrected chi connectivity index (χ2v) is 3.81. The van der Waals surface area contributed by atoms with Crippen LogP contribution in [-0.4, -0.2) is 24.6 Å². The molecular formula is C12H10N4O. The molecule has 0 radical (unpaired) electrons. The van der Waals surface area contributed by atoms with Crippen molar-refractivity contribution in [2.75, 3.05) is 0 Å². The lowest BCUT2D eigenvalue weighted by Gasteiger charge is -2.00.